The van der Waals surface area contributed by atoms with Crippen molar-refractivity contribution in [3.8, 4) is 17.6 Å². The summed E-state index contributed by atoms with van der Waals surface area (Å²) in [5, 5.41) is 12.6. The van der Waals surface area contributed by atoms with Crippen LogP contribution in [0.2, 0.25) is 5.02 Å². The molecule has 1 aromatic heterocycles. The molecule has 3 rings (SSSR count). The molecule has 0 saturated heterocycles. The number of aliphatic imine (C=N–C) groups is 1. The third-order valence-electron chi connectivity index (χ3n) is 4.00. The Morgan fingerprint density at radius 1 is 1.39 bits per heavy atom. The maximum Gasteiger partial charge on any atom is 0.437 e. The van der Waals surface area contributed by atoms with E-state index in [0.717, 1.165) is 17.0 Å². The normalized spacial score (nSPS) is 13.7. The molecular formula is C19H13ClF3N5O2S. The average molecular weight is 468 g/mol. The Kier molecular flexibility index (Phi) is 6.42. The molecule has 0 atom stereocenters. The number of halogens is 4. The van der Waals surface area contributed by atoms with Gasteiger partial charge in [-0.1, -0.05) is 29.9 Å². The lowest BCUT2D eigenvalue weighted by Gasteiger charge is -2.19. The number of alkyl halides is 3. The predicted molar refractivity (Wildman–Crippen MR) is 111 cm³/mol. The number of nitrogens with zero attached hydrogens (tertiary/aromatic N) is 4. The molecule has 0 fully saturated rings. The van der Waals surface area contributed by atoms with Crippen molar-refractivity contribution in [2.45, 2.75) is 12.7 Å². The molecule has 1 N–H and O–H groups in total. The van der Waals surface area contributed by atoms with Crippen molar-refractivity contribution in [1.29, 1.82) is 5.26 Å². The van der Waals surface area contributed by atoms with E-state index in [1.807, 2.05) is 6.07 Å². The van der Waals surface area contributed by atoms with E-state index in [0.29, 0.717) is 16.4 Å². The summed E-state index contributed by atoms with van der Waals surface area (Å²) in [5.41, 5.74) is -1.60. The number of thioether (sulfide) groups is 1. The van der Waals surface area contributed by atoms with Gasteiger partial charge in [-0.3, -0.25) is 9.36 Å². The molecule has 1 aliphatic rings. The SMILES string of the molecule is C=C1NC(SC)=NC=C1Cn1cnc(C(F)(F)F)c(Oc2cc(Cl)cc(C#N)c2)c1=O. The summed E-state index contributed by atoms with van der Waals surface area (Å²) in [6.07, 6.45) is -0.902. The summed E-state index contributed by atoms with van der Waals surface area (Å²) in [6, 6.07) is 5.46. The molecule has 0 saturated carbocycles. The van der Waals surface area contributed by atoms with Gasteiger partial charge in [0.05, 0.1) is 24.5 Å². The summed E-state index contributed by atoms with van der Waals surface area (Å²) < 4.78 is 46.6. The molecule has 31 heavy (non-hydrogen) atoms. The molecule has 0 radical (unpaired) electrons. The third-order valence-corrected chi connectivity index (χ3v) is 4.81. The molecule has 2 aromatic rings. The standard InChI is InChI=1S/C19H13ClF3N5O2S/c1-10-12(7-25-18(27-10)31-2)8-28-9-26-16(19(21,22)23)15(17(28)29)30-14-4-11(6-24)3-13(20)5-14/h3-5,7,9H,1,8H2,2H3,(H,25,27). The lowest BCUT2D eigenvalue weighted by atomic mass is 10.2. The van der Waals surface area contributed by atoms with E-state index in [4.69, 9.17) is 21.6 Å². The van der Waals surface area contributed by atoms with Crippen molar-refractivity contribution in [3.05, 3.63) is 75.2 Å². The Bertz CT molecular complexity index is 1210. The molecule has 7 nitrogen and oxygen atoms in total. The number of ether oxygens (including phenoxy) is 1. The fourth-order valence-corrected chi connectivity index (χ4v) is 3.17. The van der Waals surface area contributed by atoms with Gasteiger partial charge in [-0.25, -0.2) is 9.98 Å². The number of aromatic nitrogens is 2. The average Bonchev–Trinajstić information content (AvgIpc) is 2.70. The molecule has 0 aliphatic carbocycles. The van der Waals surface area contributed by atoms with Gasteiger partial charge in [-0.05, 0) is 24.5 Å². The monoisotopic (exact) mass is 467 g/mol. The minimum absolute atomic E-state index is 0.0532. The lowest BCUT2D eigenvalue weighted by molar-refractivity contribution is -0.142. The smallest absolute Gasteiger partial charge is 0.437 e. The highest BCUT2D eigenvalue weighted by Crippen LogP contribution is 2.35. The van der Waals surface area contributed by atoms with E-state index < -0.39 is 23.2 Å². The van der Waals surface area contributed by atoms with Crippen LogP contribution in [0.1, 0.15) is 11.3 Å². The van der Waals surface area contributed by atoms with E-state index in [1.165, 1.54) is 30.1 Å². The van der Waals surface area contributed by atoms with Crippen molar-refractivity contribution < 1.29 is 17.9 Å². The van der Waals surface area contributed by atoms with Crippen molar-refractivity contribution in [2.75, 3.05) is 6.26 Å². The first kappa shape index (κ1) is 22.5. The van der Waals surface area contributed by atoms with Gasteiger partial charge < -0.3 is 10.1 Å². The molecule has 0 unspecified atom stereocenters. The second-order valence-corrected chi connectivity index (χ2v) is 7.37. The van der Waals surface area contributed by atoms with Crippen LogP contribution in [0.3, 0.4) is 0 Å². The summed E-state index contributed by atoms with van der Waals surface area (Å²) in [6.45, 7) is 3.69. The van der Waals surface area contributed by atoms with Crippen LogP contribution in [-0.2, 0) is 12.7 Å². The second-order valence-electron chi connectivity index (χ2n) is 6.14. The zero-order chi connectivity index (χ0) is 22.8. The Labute approximate surface area is 183 Å². The Morgan fingerprint density at radius 2 is 2.13 bits per heavy atom. The van der Waals surface area contributed by atoms with Gasteiger partial charge in [0.2, 0.25) is 5.75 Å². The van der Waals surface area contributed by atoms with Gasteiger partial charge in [0.1, 0.15) is 5.75 Å². The first-order valence-corrected chi connectivity index (χ1v) is 10.0. The van der Waals surface area contributed by atoms with Crippen molar-refractivity contribution in [3.63, 3.8) is 0 Å². The van der Waals surface area contributed by atoms with Crippen LogP contribution >= 0.6 is 23.4 Å². The topological polar surface area (TPSA) is 92.3 Å². The first-order chi connectivity index (χ1) is 14.6. The molecule has 0 bridgehead atoms. The Morgan fingerprint density at radius 3 is 2.74 bits per heavy atom. The van der Waals surface area contributed by atoms with Crippen LogP contribution < -0.4 is 15.6 Å². The van der Waals surface area contributed by atoms with Gasteiger partial charge in [0.25, 0.3) is 5.56 Å². The van der Waals surface area contributed by atoms with Gasteiger partial charge in [-0.15, -0.1) is 0 Å². The number of hydrogen-bond acceptors (Lipinski definition) is 7. The van der Waals surface area contributed by atoms with Gasteiger partial charge in [-0.2, -0.15) is 18.4 Å². The number of benzene rings is 1. The third kappa shape index (κ3) is 5.10. The lowest BCUT2D eigenvalue weighted by Crippen LogP contribution is -2.29. The van der Waals surface area contributed by atoms with Gasteiger partial charge in [0, 0.05) is 22.5 Å². The van der Waals surface area contributed by atoms with Crippen LogP contribution in [0.5, 0.6) is 11.5 Å². The maximum absolute atomic E-state index is 13.5. The molecule has 0 spiro atoms. The maximum atomic E-state index is 13.5. The molecule has 1 aliphatic heterocycles. The highest BCUT2D eigenvalue weighted by molar-refractivity contribution is 8.13. The minimum atomic E-state index is -4.95. The van der Waals surface area contributed by atoms with E-state index >= 15 is 0 Å². The summed E-state index contributed by atoms with van der Waals surface area (Å²) in [7, 11) is 0. The Balaban J connectivity index is 2.06. The van der Waals surface area contributed by atoms with Gasteiger partial charge in [0.15, 0.2) is 10.9 Å². The fraction of sp³-hybridized carbons (Fsp3) is 0.158. The number of amidine groups is 1. The molecule has 2 heterocycles. The van der Waals surface area contributed by atoms with Crippen molar-refractivity contribution >= 4 is 28.5 Å². The molecular weight excluding hydrogens is 455 g/mol. The van der Waals surface area contributed by atoms with Crippen LogP contribution in [0.15, 0.2) is 58.4 Å². The zero-order valence-electron chi connectivity index (χ0n) is 15.8. The number of hydrogen-bond donors (Lipinski definition) is 1. The quantitative estimate of drug-likeness (QED) is 0.720. The summed E-state index contributed by atoms with van der Waals surface area (Å²) >= 11 is 7.22. The summed E-state index contributed by atoms with van der Waals surface area (Å²) in [5.74, 6) is -1.24. The zero-order valence-corrected chi connectivity index (χ0v) is 17.4. The highest BCUT2D eigenvalue weighted by atomic mass is 35.5. The molecule has 12 heteroatoms. The van der Waals surface area contributed by atoms with Crippen LogP contribution in [-0.4, -0.2) is 21.0 Å². The van der Waals surface area contributed by atoms with Crippen LogP contribution in [0, 0.1) is 11.3 Å². The van der Waals surface area contributed by atoms with Crippen LogP contribution in [0.25, 0.3) is 0 Å². The molecule has 160 valence electrons. The van der Waals surface area contributed by atoms with Crippen molar-refractivity contribution in [1.82, 2.24) is 14.9 Å². The molecule has 0 amide bonds. The predicted octanol–water partition coefficient (Wildman–Crippen LogP) is 4.30. The van der Waals surface area contributed by atoms with E-state index in [9.17, 15) is 18.0 Å². The number of nitriles is 1. The number of nitrogens with one attached hydrogen (secondary N) is 1. The highest BCUT2D eigenvalue weighted by Gasteiger charge is 2.39. The van der Waals surface area contributed by atoms with Crippen molar-refractivity contribution in [2.24, 2.45) is 4.99 Å². The second kappa shape index (κ2) is 8.87. The van der Waals surface area contributed by atoms with Gasteiger partial charge >= 0.3 is 6.18 Å². The van der Waals surface area contributed by atoms with E-state index in [2.05, 4.69) is 21.9 Å². The van der Waals surface area contributed by atoms with E-state index in [-0.39, 0.29) is 22.9 Å². The first-order valence-electron chi connectivity index (χ1n) is 8.44. The fourth-order valence-electron chi connectivity index (χ4n) is 2.56. The molecule has 1 aromatic carbocycles. The minimum Gasteiger partial charge on any atom is -0.449 e. The summed E-state index contributed by atoms with van der Waals surface area (Å²) in [4.78, 5) is 20.4. The number of rotatable bonds is 4. The van der Waals surface area contributed by atoms with Crippen LogP contribution in [0.4, 0.5) is 13.2 Å². The van der Waals surface area contributed by atoms with E-state index in [1.54, 1.807) is 6.26 Å². The Hall–Kier alpha value is -3.23. The number of allylic oxidation sites excluding steroid dienone is 1. The largest absolute Gasteiger partial charge is 0.449 e.